The third-order valence-electron chi connectivity index (χ3n) is 4.79. The summed E-state index contributed by atoms with van der Waals surface area (Å²) in [4.78, 5) is 14.5. The summed E-state index contributed by atoms with van der Waals surface area (Å²) in [5.74, 6) is 0.103. The molecule has 0 saturated carbocycles. The predicted molar refractivity (Wildman–Crippen MR) is 104 cm³/mol. The van der Waals surface area contributed by atoms with Crippen molar-refractivity contribution in [3.8, 4) is 16.9 Å². The van der Waals surface area contributed by atoms with Gasteiger partial charge in [0.05, 0.1) is 6.10 Å². The van der Waals surface area contributed by atoms with Gasteiger partial charge in [-0.25, -0.2) is 0 Å². The SMILES string of the molecule is CN(CC[C@H]1CCCCO1)C(=O)c1cccc(-c2cc(Cl)ccc2O)c1. The second kappa shape index (κ2) is 8.56. The van der Waals surface area contributed by atoms with Gasteiger partial charge in [0.2, 0.25) is 0 Å². The fraction of sp³-hybridized carbons (Fsp3) is 0.381. The van der Waals surface area contributed by atoms with Gasteiger partial charge in [-0.2, -0.15) is 0 Å². The Morgan fingerprint density at radius 3 is 2.88 bits per heavy atom. The minimum Gasteiger partial charge on any atom is -0.507 e. The number of aromatic hydroxyl groups is 1. The molecule has 1 aliphatic rings. The highest BCUT2D eigenvalue weighted by atomic mass is 35.5. The Labute approximate surface area is 159 Å². The van der Waals surface area contributed by atoms with E-state index in [-0.39, 0.29) is 17.8 Å². The van der Waals surface area contributed by atoms with Crippen LogP contribution in [0.15, 0.2) is 42.5 Å². The lowest BCUT2D eigenvalue weighted by Gasteiger charge is -2.25. The molecule has 1 amide bonds. The molecule has 1 atom stereocenters. The Kier molecular flexibility index (Phi) is 6.17. The van der Waals surface area contributed by atoms with Gasteiger partial charge in [0.1, 0.15) is 5.75 Å². The smallest absolute Gasteiger partial charge is 0.253 e. The summed E-state index contributed by atoms with van der Waals surface area (Å²) in [6.07, 6.45) is 4.53. The molecule has 26 heavy (non-hydrogen) atoms. The van der Waals surface area contributed by atoms with Gasteiger partial charge in [0.25, 0.3) is 5.91 Å². The molecule has 0 aliphatic carbocycles. The molecule has 1 heterocycles. The molecular weight excluding hydrogens is 350 g/mol. The molecule has 1 N–H and O–H groups in total. The molecule has 1 saturated heterocycles. The van der Waals surface area contributed by atoms with Crippen LogP contribution in [0.3, 0.4) is 0 Å². The van der Waals surface area contributed by atoms with Crippen LogP contribution in [0.5, 0.6) is 5.75 Å². The average Bonchev–Trinajstić information content (AvgIpc) is 2.68. The molecule has 1 fully saturated rings. The molecule has 138 valence electrons. The lowest BCUT2D eigenvalue weighted by molar-refractivity contribution is 0.00709. The first kappa shape index (κ1) is 18.7. The number of hydrogen-bond donors (Lipinski definition) is 1. The van der Waals surface area contributed by atoms with Gasteiger partial charge in [-0.3, -0.25) is 4.79 Å². The zero-order valence-corrected chi connectivity index (χ0v) is 15.7. The van der Waals surface area contributed by atoms with Crippen molar-refractivity contribution in [2.45, 2.75) is 31.8 Å². The maximum atomic E-state index is 12.7. The van der Waals surface area contributed by atoms with Crippen molar-refractivity contribution in [1.82, 2.24) is 4.90 Å². The molecule has 1 aliphatic heterocycles. The maximum Gasteiger partial charge on any atom is 0.253 e. The number of rotatable bonds is 5. The zero-order valence-electron chi connectivity index (χ0n) is 15.0. The summed E-state index contributed by atoms with van der Waals surface area (Å²) in [6.45, 7) is 1.49. The monoisotopic (exact) mass is 373 g/mol. The Balaban J connectivity index is 1.70. The summed E-state index contributed by atoms with van der Waals surface area (Å²) >= 11 is 6.04. The molecule has 4 nitrogen and oxygen atoms in total. The Morgan fingerprint density at radius 1 is 1.27 bits per heavy atom. The van der Waals surface area contributed by atoms with E-state index in [1.54, 1.807) is 35.2 Å². The second-order valence-corrected chi connectivity index (χ2v) is 7.18. The van der Waals surface area contributed by atoms with E-state index in [1.165, 1.54) is 6.42 Å². The number of phenolic OH excluding ortho intramolecular Hbond substituents is 1. The Morgan fingerprint density at radius 2 is 2.12 bits per heavy atom. The van der Waals surface area contributed by atoms with Crippen molar-refractivity contribution < 1.29 is 14.6 Å². The third-order valence-corrected chi connectivity index (χ3v) is 5.02. The van der Waals surface area contributed by atoms with Crippen LogP contribution in [0.4, 0.5) is 0 Å². The number of benzene rings is 2. The van der Waals surface area contributed by atoms with E-state index in [9.17, 15) is 9.90 Å². The third kappa shape index (κ3) is 4.57. The molecule has 0 aromatic heterocycles. The number of halogens is 1. The fourth-order valence-corrected chi connectivity index (χ4v) is 3.43. The summed E-state index contributed by atoms with van der Waals surface area (Å²) in [7, 11) is 1.81. The number of carbonyl (C=O) groups is 1. The van der Waals surface area contributed by atoms with Crippen LogP contribution in [0, 0.1) is 0 Å². The van der Waals surface area contributed by atoms with Gasteiger partial charge in [-0.1, -0.05) is 23.7 Å². The second-order valence-electron chi connectivity index (χ2n) is 6.75. The van der Waals surface area contributed by atoms with Crippen molar-refractivity contribution in [1.29, 1.82) is 0 Å². The van der Waals surface area contributed by atoms with E-state index < -0.39 is 0 Å². The highest BCUT2D eigenvalue weighted by Crippen LogP contribution is 2.32. The van der Waals surface area contributed by atoms with Gasteiger partial charge in [0, 0.05) is 36.3 Å². The minimum absolute atomic E-state index is 0.0378. The van der Waals surface area contributed by atoms with E-state index in [4.69, 9.17) is 16.3 Å². The topological polar surface area (TPSA) is 49.8 Å². The van der Waals surface area contributed by atoms with Gasteiger partial charge >= 0.3 is 0 Å². The molecule has 3 rings (SSSR count). The van der Waals surface area contributed by atoms with E-state index >= 15 is 0 Å². The molecule has 0 spiro atoms. The van der Waals surface area contributed by atoms with E-state index in [0.29, 0.717) is 22.7 Å². The largest absolute Gasteiger partial charge is 0.507 e. The minimum atomic E-state index is -0.0378. The molecule has 2 aromatic carbocycles. The van der Waals surface area contributed by atoms with Gasteiger partial charge in [-0.15, -0.1) is 0 Å². The highest BCUT2D eigenvalue weighted by molar-refractivity contribution is 6.31. The zero-order chi connectivity index (χ0) is 18.5. The van der Waals surface area contributed by atoms with Crippen molar-refractivity contribution in [2.24, 2.45) is 0 Å². The van der Waals surface area contributed by atoms with Gasteiger partial charge in [-0.05, 0) is 61.6 Å². The quantitative estimate of drug-likeness (QED) is 0.823. The molecular formula is C21H24ClNO3. The predicted octanol–water partition coefficient (Wildman–Crippen LogP) is 4.74. The standard InChI is InChI=1S/C21H24ClNO3/c1-23(11-10-18-7-2-3-12-26-18)21(25)16-6-4-5-15(13-16)19-14-17(22)8-9-20(19)24/h4-6,8-9,13-14,18,24H,2-3,7,10-12H2,1H3/t18-/m1/s1. The van der Waals surface area contributed by atoms with Gasteiger partial charge in [0.15, 0.2) is 0 Å². The van der Waals surface area contributed by atoms with E-state index in [1.807, 2.05) is 19.2 Å². The number of phenols is 1. The van der Waals surface area contributed by atoms with Gasteiger partial charge < -0.3 is 14.7 Å². The van der Waals surface area contributed by atoms with E-state index in [0.717, 1.165) is 31.4 Å². The number of amides is 1. The highest BCUT2D eigenvalue weighted by Gasteiger charge is 2.18. The Hall–Kier alpha value is -2.04. The van der Waals surface area contributed by atoms with Crippen molar-refractivity contribution in [2.75, 3.05) is 20.2 Å². The fourth-order valence-electron chi connectivity index (χ4n) is 3.25. The Bertz CT molecular complexity index is 772. The number of carbonyl (C=O) groups excluding carboxylic acids is 1. The summed E-state index contributed by atoms with van der Waals surface area (Å²) < 4.78 is 5.74. The molecule has 2 aromatic rings. The van der Waals surface area contributed by atoms with Crippen molar-refractivity contribution >= 4 is 17.5 Å². The first-order valence-corrected chi connectivity index (χ1v) is 9.38. The maximum absolute atomic E-state index is 12.7. The first-order valence-electron chi connectivity index (χ1n) is 9.00. The molecule has 0 bridgehead atoms. The lowest BCUT2D eigenvalue weighted by Crippen LogP contribution is -2.31. The van der Waals surface area contributed by atoms with Crippen molar-refractivity contribution in [3.63, 3.8) is 0 Å². The van der Waals surface area contributed by atoms with Crippen LogP contribution < -0.4 is 0 Å². The van der Waals surface area contributed by atoms with Crippen LogP contribution in [-0.4, -0.2) is 42.2 Å². The molecule has 0 unspecified atom stereocenters. The normalized spacial score (nSPS) is 17.1. The molecule has 5 heteroatoms. The van der Waals surface area contributed by atoms with Crippen LogP contribution in [-0.2, 0) is 4.74 Å². The molecule has 0 radical (unpaired) electrons. The van der Waals surface area contributed by atoms with E-state index in [2.05, 4.69) is 0 Å². The lowest BCUT2D eigenvalue weighted by atomic mass is 10.0. The first-order chi connectivity index (χ1) is 12.5. The summed E-state index contributed by atoms with van der Waals surface area (Å²) in [6, 6.07) is 12.2. The number of hydrogen-bond acceptors (Lipinski definition) is 3. The van der Waals surface area contributed by atoms with Crippen LogP contribution in [0.1, 0.15) is 36.0 Å². The summed E-state index contributed by atoms with van der Waals surface area (Å²) in [5, 5.41) is 10.6. The number of ether oxygens (including phenoxy) is 1. The average molecular weight is 374 g/mol. The van der Waals surface area contributed by atoms with Crippen LogP contribution in [0.25, 0.3) is 11.1 Å². The number of nitrogens with zero attached hydrogens (tertiary/aromatic N) is 1. The van der Waals surface area contributed by atoms with Crippen LogP contribution >= 0.6 is 11.6 Å². The summed E-state index contributed by atoms with van der Waals surface area (Å²) in [5.41, 5.74) is 1.97. The van der Waals surface area contributed by atoms with Crippen LogP contribution in [0.2, 0.25) is 5.02 Å². The van der Waals surface area contributed by atoms with Crippen molar-refractivity contribution in [3.05, 3.63) is 53.1 Å².